The van der Waals surface area contributed by atoms with E-state index in [4.69, 9.17) is 0 Å². The molecule has 20 heavy (non-hydrogen) atoms. The number of aromatic carboxylic acids is 1. The number of hydrogen-bond acceptors (Lipinski definition) is 3. The van der Waals surface area contributed by atoms with Crippen LogP contribution in [-0.2, 0) is 9.59 Å². The zero-order chi connectivity index (χ0) is 15.2. The highest BCUT2D eigenvalue weighted by Gasteiger charge is 2.44. The molecule has 0 aliphatic carbocycles. The van der Waals surface area contributed by atoms with Gasteiger partial charge in [0.2, 0.25) is 11.8 Å². The van der Waals surface area contributed by atoms with Crippen molar-refractivity contribution in [2.24, 2.45) is 11.8 Å². The molecule has 106 valence electrons. The van der Waals surface area contributed by atoms with Crippen LogP contribution in [0.15, 0.2) is 12.1 Å². The van der Waals surface area contributed by atoms with E-state index in [1.54, 1.807) is 33.8 Å². The maximum Gasteiger partial charge on any atom is 0.337 e. The molecule has 1 aromatic carbocycles. The number of carboxylic acids is 1. The lowest BCUT2D eigenvalue weighted by atomic mass is 10.00. The van der Waals surface area contributed by atoms with Gasteiger partial charge in [-0.1, -0.05) is 19.9 Å². The number of anilines is 1. The van der Waals surface area contributed by atoms with Crippen molar-refractivity contribution in [1.82, 2.24) is 0 Å². The minimum atomic E-state index is -1.14. The number of rotatable bonds is 2. The molecule has 1 heterocycles. The number of nitrogens with zero attached hydrogens (tertiary/aromatic N) is 1. The van der Waals surface area contributed by atoms with Crippen molar-refractivity contribution in [3.05, 3.63) is 28.8 Å². The van der Waals surface area contributed by atoms with Gasteiger partial charge < -0.3 is 5.11 Å². The van der Waals surface area contributed by atoms with Crippen LogP contribution in [0.4, 0.5) is 5.69 Å². The molecule has 2 unspecified atom stereocenters. The van der Waals surface area contributed by atoms with Crippen molar-refractivity contribution in [3.63, 3.8) is 0 Å². The van der Waals surface area contributed by atoms with Gasteiger partial charge in [0.15, 0.2) is 0 Å². The number of imide groups is 1. The minimum Gasteiger partial charge on any atom is -0.478 e. The molecule has 5 nitrogen and oxygen atoms in total. The van der Waals surface area contributed by atoms with E-state index in [-0.39, 0.29) is 23.1 Å². The molecule has 2 rings (SSSR count). The van der Waals surface area contributed by atoms with Crippen LogP contribution in [0, 0.1) is 25.7 Å². The van der Waals surface area contributed by atoms with Crippen molar-refractivity contribution in [2.45, 2.75) is 27.7 Å². The molecule has 0 saturated carbocycles. The zero-order valence-corrected chi connectivity index (χ0v) is 11.9. The summed E-state index contributed by atoms with van der Waals surface area (Å²) in [5.74, 6) is -2.66. The second-order valence-electron chi connectivity index (χ2n) is 5.37. The molecule has 1 saturated heterocycles. The molecule has 5 heteroatoms. The highest BCUT2D eigenvalue weighted by Crippen LogP contribution is 2.35. The Morgan fingerprint density at radius 2 is 1.60 bits per heavy atom. The first kappa shape index (κ1) is 14.2. The van der Waals surface area contributed by atoms with Gasteiger partial charge in [-0.15, -0.1) is 0 Å². The van der Waals surface area contributed by atoms with Gasteiger partial charge in [0.1, 0.15) is 0 Å². The van der Waals surface area contributed by atoms with Gasteiger partial charge in [0.05, 0.1) is 11.3 Å². The standard InChI is InChI=1S/C15H17NO4/c1-7-5-8(2)12(11(6-7)15(19)20)16-13(17)9(3)10(4)14(16)18/h5-6,9-10H,1-4H3,(H,19,20). The Labute approximate surface area is 117 Å². The van der Waals surface area contributed by atoms with Gasteiger partial charge in [-0.25, -0.2) is 9.69 Å². The largest absolute Gasteiger partial charge is 0.478 e. The fourth-order valence-electron chi connectivity index (χ4n) is 2.58. The smallest absolute Gasteiger partial charge is 0.337 e. The highest BCUT2D eigenvalue weighted by atomic mass is 16.4. The minimum absolute atomic E-state index is 0.00880. The summed E-state index contributed by atoms with van der Waals surface area (Å²) >= 11 is 0. The molecule has 1 aliphatic rings. The van der Waals surface area contributed by atoms with Gasteiger partial charge in [-0.2, -0.15) is 0 Å². The van der Waals surface area contributed by atoms with E-state index >= 15 is 0 Å². The lowest BCUT2D eigenvalue weighted by Gasteiger charge is -2.20. The third kappa shape index (κ3) is 1.99. The quantitative estimate of drug-likeness (QED) is 0.839. The Morgan fingerprint density at radius 1 is 1.10 bits per heavy atom. The summed E-state index contributed by atoms with van der Waals surface area (Å²) in [4.78, 5) is 36.9. The lowest BCUT2D eigenvalue weighted by Crippen LogP contribution is -2.33. The summed E-state index contributed by atoms with van der Waals surface area (Å²) in [6, 6.07) is 3.26. The Balaban J connectivity index is 2.67. The maximum absolute atomic E-state index is 12.3. The highest BCUT2D eigenvalue weighted by molar-refractivity contribution is 6.24. The predicted octanol–water partition coefficient (Wildman–Crippen LogP) is 2.15. The van der Waals surface area contributed by atoms with Crippen molar-refractivity contribution >= 4 is 23.5 Å². The zero-order valence-electron chi connectivity index (χ0n) is 11.9. The van der Waals surface area contributed by atoms with Gasteiger partial charge in [-0.3, -0.25) is 9.59 Å². The van der Waals surface area contributed by atoms with Crippen LogP contribution >= 0.6 is 0 Å². The van der Waals surface area contributed by atoms with Crippen LogP contribution in [0.3, 0.4) is 0 Å². The molecule has 0 spiro atoms. The summed E-state index contributed by atoms with van der Waals surface area (Å²) in [5, 5.41) is 9.33. The number of amides is 2. The van der Waals surface area contributed by atoms with E-state index in [1.165, 1.54) is 6.07 Å². The predicted molar refractivity (Wildman–Crippen MR) is 73.7 cm³/mol. The Bertz CT molecular complexity index is 601. The normalized spacial score (nSPS) is 22.5. The SMILES string of the molecule is Cc1cc(C)c(N2C(=O)C(C)C(C)C2=O)c(C(=O)O)c1. The third-order valence-electron chi connectivity index (χ3n) is 3.87. The second kappa shape index (κ2) is 4.74. The lowest BCUT2D eigenvalue weighted by molar-refractivity contribution is -0.122. The molecule has 0 aromatic heterocycles. The molecule has 2 amide bonds. The summed E-state index contributed by atoms with van der Waals surface area (Å²) in [7, 11) is 0. The van der Waals surface area contributed by atoms with E-state index in [1.807, 2.05) is 0 Å². The van der Waals surface area contributed by atoms with E-state index in [0.29, 0.717) is 5.56 Å². The van der Waals surface area contributed by atoms with Crippen molar-refractivity contribution in [1.29, 1.82) is 0 Å². The first-order valence-electron chi connectivity index (χ1n) is 6.48. The number of benzene rings is 1. The van der Waals surface area contributed by atoms with E-state index < -0.39 is 17.8 Å². The fourth-order valence-corrected chi connectivity index (χ4v) is 2.58. The van der Waals surface area contributed by atoms with E-state index in [2.05, 4.69) is 0 Å². The first-order chi connectivity index (χ1) is 9.25. The third-order valence-corrected chi connectivity index (χ3v) is 3.87. The van der Waals surface area contributed by atoms with Crippen LogP contribution in [0.25, 0.3) is 0 Å². The molecular weight excluding hydrogens is 258 g/mol. The Morgan fingerprint density at radius 3 is 2.05 bits per heavy atom. The summed E-state index contributed by atoms with van der Waals surface area (Å²) in [5.41, 5.74) is 1.59. The monoisotopic (exact) mass is 275 g/mol. The van der Waals surface area contributed by atoms with Crippen molar-refractivity contribution in [2.75, 3.05) is 4.90 Å². The van der Waals surface area contributed by atoms with Crippen LogP contribution in [-0.4, -0.2) is 22.9 Å². The van der Waals surface area contributed by atoms with Crippen LogP contribution in [0.2, 0.25) is 0 Å². The van der Waals surface area contributed by atoms with Crippen molar-refractivity contribution < 1.29 is 19.5 Å². The molecule has 2 atom stereocenters. The Hall–Kier alpha value is -2.17. The summed E-state index contributed by atoms with van der Waals surface area (Å²) < 4.78 is 0. The molecule has 1 N–H and O–H groups in total. The first-order valence-corrected chi connectivity index (χ1v) is 6.48. The average molecular weight is 275 g/mol. The number of hydrogen-bond donors (Lipinski definition) is 1. The van der Waals surface area contributed by atoms with Crippen LogP contribution in [0.5, 0.6) is 0 Å². The second-order valence-corrected chi connectivity index (χ2v) is 5.37. The number of aryl methyl sites for hydroxylation is 2. The fraction of sp³-hybridized carbons (Fsp3) is 0.400. The average Bonchev–Trinajstić information content (AvgIpc) is 2.54. The van der Waals surface area contributed by atoms with Gasteiger partial charge in [0, 0.05) is 11.8 Å². The van der Waals surface area contributed by atoms with Gasteiger partial charge in [0.25, 0.3) is 0 Å². The summed E-state index contributed by atoms with van der Waals surface area (Å²) in [6.45, 7) is 6.87. The van der Waals surface area contributed by atoms with Gasteiger partial charge >= 0.3 is 5.97 Å². The molecular formula is C15H17NO4. The van der Waals surface area contributed by atoms with Crippen molar-refractivity contribution in [3.8, 4) is 0 Å². The van der Waals surface area contributed by atoms with E-state index in [0.717, 1.165) is 10.5 Å². The summed E-state index contributed by atoms with van der Waals surface area (Å²) in [6.07, 6.45) is 0. The molecule has 0 radical (unpaired) electrons. The topological polar surface area (TPSA) is 74.7 Å². The molecule has 1 fully saturated rings. The van der Waals surface area contributed by atoms with Crippen LogP contribution in [0.1, 0.15) is 35.3 Å². The number of carboxylic acid groups (broad SMARTS) is 1. The number of carbonyl (C=O) groups is 3. The number of carbonyl (C=O) groups excluding carboxylic acids is 2. The molecule has 1 aliphatic heterocycles. The Kier molecular flexibility index (Phi) is 3.38. The van der Waals surface area contributed by atoms with E-state index in [9.17, 15) is 19.5 Å². The molecule has 0 bridgehead atoms. The maximum atomic E-state index is 12.3. The van der Waals surface area contributed by atoms with Crippen LogP contribution < -0.4 is 4.90 Å². The van der Waals surface area contributed by atoms with Gasteiger partial charge in [-0.05, 0) is 31.0 Å². The molecule has 1 aromatic rings.